The van der Waals surface area contributed by atoms with Crippen molar-refractivity contribution in [2.75, 3.05) is 13.2 Å². The van der Waals surface area contributed by atoms with Crippen LogP contribution < -0.4 is 5.32 Å². The van der Waals surface area contributed by atoms with E-state index < -0.39 is 0 Å². The summed E-state index contributed by atoms with van der Waals surface area (Å²) < 4.78 is 4.83. The van der Waals surface area contributed by atoms with E-state index in [9.17, 15) is 4.79 Å². The van der Waals surface area contributed by atoms with Crippen molar-refractivity contribution in [2.24, 2.45) is 0 Å². The van der Waals surface area contributed by atoms with Crippen molar-refractivity contribution in [1.29, 1.82) is 0 Å². The number of carbonyl (C=O) groups excluding carboxylic acids is 1. The summed E-state index contributed by atoms with van der Waals surface area (Å²) >= 11 is 0. The van der Waals surface area contributed by atoms with Gasteiger partial charge in [0.1, 0.15) is 0 Å². The molecule has 0 aliphatic heterocycles. The Bertz CT molecular complexity index is 146. The highest BCUT2D eigenvalue weighted by atomic mass is 16.5. The summed E-state index contributed by atoms with van der Waals surface area (Å²) in [6.07, 6.45) is 3.74. The first kappa shape index (κ1) is 13.4. The molecule has 0 aliphatic carbocycles. The zero-order chi connectivity index (χ0) is 10.8. The summed E-state index contributed by atoms with van der Waals surface area (Å²) in [5.41, 5.74) is 0. The zero-order valence-electron chi connectivity index (χ0n) is 9.64. The SMILES string of the molecule is CCOC(=O)CCCCCNC(C)C. The van der Waals surface area contributed by atoms with Crippen LogP contribution in [0.15, 0.2) is 0 Å². The van der Waals surface area contributed by atoms with Crippen molar-refractivity contribution in [1.82, 2.24) is 5.32 Å². The standard InChI is InChI=1S/C11H23NO2/c1-4-14-11(13)8-6-5-7-9-12-10(2)3/h10,12H,4-9H2,1-3H3. The molecular formula is C11H23NO2. The summed E-state index contributed by atoms with van der Waals surface area (Å²) in [7, 11) is 0. The van der Waals surface area contributed by atoms with Gasteiger partial charge in [0.15, 0.2) is 0 Å². The molecule has 0 unspecified atom stereocenters. The van der Waals surface area contributed by atoms with Crippen LogP contribution in [-0.4, -0.2) is 25.2 Å². The predicted octanol–water partition coefficient (Wildman–Crippen LogP) is 2.11. The van der Waals surface area contributed by atoms with Crippen molar-refractivity contribution in [3.63, 3.8) is 0 Å². The van der Waals surface area contributed by atoms with Crippen LogP contribution in [0, 0.1) is 0 Å². The fourth-order valence-electron chi connectivity index (χ4n) is 1.20. The molecule has 3 nitrogen and oxygen atoms in total. The first-order valence-electron chi connectivity index (χ1n) is 5.55. The lowest BCUT2D eigenvalue weighted by atomic mass is 10.2. The normalized spacial score (nSPS) is 10.6. The van der Waals surface area contributed by atoms with Gasteiger partial charge in [0.2, 0.25) is 0 Å². The van der Waals surface area contributed by atoms with Crippen LogP contribution >= 0.6 is 0 Å². The molecule has 0 aromatic heterocycles. The van der Waals surface area contributed by atoms with Gasteiger partial charge in [-0.25, -0.2) is 0 Å². The van der Waals surface area contributed by atoms with E-state index in [1.54, 1.807) is 0 Å². The minimum atomic E-state index is -0.0654. The monoisotopic (exact) mass is 201 g/mol. The molecule has 3 heteroatoms. The van der Waals surface area contributed by atoms with Gasteiger partial charge in [-0.15, -0.1) is 0 Å². The molecular weight excluding hydrogens is 178 g/mol. The van der Waals surface area contributed by atoms with E-state index in [1.807, 2.05) is 6.92 Å². The van der Waals surface area contributed by atoms with Crippen LogP contribution in [0.1, 0.15) is 46.5 Å². The topological polar surface area (TPSA) is 38.3 Å². The van der Waals surface area contributed by atoms with E-state index in [1.165, 1.54) is 0 Å². The molecule has 0 aromatic carbocycles. The molecule has 0 aliphatic rings. The quantitative estimate of drug-likeness (QED) is 0.483. The van der Waals surface area contributed by atoms with E-state index in [0.717, 1.165) is 25.8 Å². The number of unbranched alkanes of at least 4 members (excludes halogenated alkanes) is 2. The van der Waals surface area contributed by atoms with Crippen LogP contribution in [0.2, 0.25) is 0 Å². The van der Waals surface area contributed by atoms with Crippen LogP contribution in [0.4, 0.5) is 0 Å². The summed E-state index contributed by atoms with van der Waals surface area (Å²) in [5, 5.41) is 3.34. The highest BCUT2D eigenvalue weighted by Crippen LogP contribution is 2.00. The van der Waals surface area contributed by atoms with E-state index in [2.05, 4.69) is 19.2 Å². The molecule has 0 rings (SSSR count). The van der Waals surface area contributed by atoms with Crippen LogP contribution in [0.5, 0.6) is 0 Å². The molecule has 1 N–H and O–H groups in total. The second kappa shape index (κ2) is 9.00. The van der Waals surface area contributed by atoms with Gasteiger partial charge >= 0.3 is 5.97 Å². The minimum Gasteiger partial charge on any atom is -0.466 e. The largest absolute Gasteiger partial charge is 0.466 e. The summed E-state index contributed by atoms with van der Waals surface area (Å²) in [4.78, 5) is 10.9. The maximum absolute atomic E-state index is 10.9. The molecule has 0 bridgehead atoms. The van der Waals surface area contributed by atoms with E-state index in [-0.39, 0.29) is 5.97 Å². The Morgan fingerprint density at radius 2 is 2.00 bits per heavy atom. The Balaban J connectivity index is 3.09. The van der Waals surface area contributed by atoms with Gasteiger partial charge in [-0.05, 0) is 26.3 Å². The fraction of sp³-hybridized carbons (Fsp3) is 0.909. The lowest BCUT2D eigenvalue weighted by molar-refractivity contribution is -0.143. The molecule has 84 valence electrons. The molecule has 0 radical (unpaired) electrons. The molecule has 0 aromatic rings. The third-order valence-electron chi connectivity index (χ3n) is 1.92. The van der Waals surface area contributed by atoms with Crippen molar-refractivity contribution < 1.29 is 9.53 Å². The highest BCUT2D eigenvalue weighted by molar-refractivity contribution is 5.69. The van der Waals surface area contributed by atoms with Gasteiger partial charge < -0.3 is 10.1 Å². The average molecular weight is 201 g/mol. The highest BCUT2D eigenvalue weighted by Gasteiger charge is 2.00. The van der Waals surface area contributed by atoms with Gasteiger partial charge in [0.25, 0.3) is 0 Å². The Morgan fingerprint density at radius 1 is 1.29 bits per heavy atom. The number of rotatable bonds is 8. The third kappa shape index (κ3) is 9.52. The van der Waals surface area contributed by atoms with Gasteiger partial charge in [-0.3, -0.25) is 4.79 Å². The zero-order valence-corrected chi connectivity index (χ0v) is 9.64. The predicted molar refractivity (Wildman–Crippen MR) is 58.2 cm³/mol. The Morgan fingerprint density at radius 3 is 2.57 bits per heavy atom. The van der Waals surface area contributed by atoms with Crippen molar-refractivity contribution in [3.8, 4) is 0 Å². The van der Waals surface area contributed by atoms with Crippen molar-refractivity contribution >= 4 is 5.97 Å². The van der Waals surface area contributed by atoms with E-state index in [4.69, 9.17) is 4.74 Å². The number of nitrogens with one attached hydrogen (secondary N) is 1. The molecule has 0 atom stereocenters. The number of esters is 1. The van der Waals surface area contributed by atoms with Crippen molar-refractivity contribution in [3.05, 3.63) is 0 Å². The van der Waals surface area contributed by atoms with E-state index >= 15 is 0 Å². The van der Waals surface area contributed by atoms with Crippen LogP contribution in [0.25, 0.3) is 0 Å². The second-order valence-electron chi connectivity index (χ2n) is 3.72. The van der Waals surface area contributed by atoms with Gasteiger partial charge in [-0.1, -0.05) is 20.3 Å². The first-order chi connectivity index (χ1) is 6.66. The molecule has 0 heterocycles. The average Bonchev–Trinajstić information content (AvgIpc) is 2.11. The molecule has 0 saturated carbocycles. The third-order valence-corrected chi connectivity index (χ3v) is 1.92. The number of hydrogen-bond donors (Lipinski definition) is 1. The fourth-order valence-corrected chi connectivity index (χ4v) is 1.20. The van der Waals surface area contributed by atoms with Gasteiger partial charge in [-0.2, -0.15) is 0 Å². The van der Waals surface area contributed by atoms with Gasteiger partial charge in [0.05, 0.1) is 6.61 Å². The van der Waals surface area contributed by atoms with Crippen LogP contribution in [0.3, 0.4) is 0 Å². The number of hydrogen-bond acceptors (Lipinski definition) is 3. The molecule has 0 fully saturated rings. The Hall–Kier alpha value is -0.570. The van der Waals surface area contributed by atoms with E-state index in [0.29, 0.717) is 19.1 Å². The summed E-state index contributed by atoms with van der Waals surface area (Å²) in [5.74, 6) is -0.0654. The Kier molecular flexibility index (Phi) is 8.64. The lowest BCUT2D eigenvalue weighted by Gasteiger charge is -2.07. The number of carbonyl (C=O) groups is 1. The summed E-state index contributed by atoms with van der Waals surface area (Å²) in [6, 6.07) is 0.556. The minimum absolute atomic E-state index is 0.0654. The maximum atomic E-state index is 10.9. The lowest BCUT2D eigenvalue weighted by Crippen LogP contribution is -2.23. The molecule has 0 spiro atoms. The maximum Gasteiger partial charge on any atom is 0.305 e. The first-order valence-corrected chi connectivity index (χ1v) is 5.55. The molecule has 0 saturated heterocycles. The smallest absolute Gasteiger partial charge is 0.305 e. The molecule has 0 amide bonds. The number of ether oxygens (including phenoxy) is 1. The van der Waals surface area contributed by atoms with Gasteiger partial charge in [0, 0.05) is 12.5 Å². The molecule has 14 heavy (non-hydrogen) atoms. The van der Waals surface area contributed by atoms with Crippen LogP contribution in [-0.2, 0) is 9.53 Å². The van der Waals surface area contributed by atoms with Crippen molar-refractivity contribution in [2.45, 2.75) is 52.5 Å². The summed E-state index contributed by atoms with van der Waals surface area (Å²) in [6.45, 7) is 7.65. The second-order valence-corrected chi connectivity index (χ2v) is 3.72. The Labute approximate surface area is 87.2 Å².